The number of nitrogens with zero attached hydrogens (tertiary/aromatic N) is 3. The van der Waals surface area contributed by atoms with Crippen molar-refractivity contribution in [1.82, 2.24) is 15.0 Å². The van der Waals surface area contributed by atoms with Gasteiger partial charge in [-0.15, -0.1) is 11.8 Å². The Hall–Kier alpha value is -2.02. The highest BCUT2D eigenvalue weighted by molar-refractivity contribution is 7.99. The first-order valence-corrected chi connectivity index (χ1v) is 9.26. The van der Waals surface area contributed by atoms with Gasteiger partial charge in [0.25, 0.3) is 5.91 Å². The van der Waals surface area contributed by atoms with Gasteiger partial charge < -0.3 is 14.2 Å². The Kier molecular flexibility index (Phi) is 4.18. The second-order valence-corrected chi connectivity index (χ2v) is 7.02. The maximum atomic E-state index is 13.0. The molecule has 2 atom stereocenters. The van der Waals surface area contributed by atoms with Crippen molar-refractivity contribution >= 4 is 17.7 Å². The fraction of sp³-hybridized carbons (Fsp3) is 0.471. The molecule has 1 aromatic carbocycles. The maximum Gasteiger partial charge on any atom is 0.265 e. The molecule has 1 amide bonds. The molecule has 0 unspecified atom stereocenters. The number of benzene rings is 1. The summed E-state index contributed by atoms with van der Waals surface area (Å²) in [6, 6.07) is 7.74. The van der Waals surface area contributed by atoms with Crippen LogP contribution >= 0.6 is 11.8 Å². The van der Waals surface area contributed by atoms with Crippen LogP contribution in [0.1, 0.15) is 37.5 Å². The molecule has 2 aliphatic rings. The number of thioether (sulfide) groups is 1. The van der Waals surface area contributed by atoms with Gasteiger partial charge in [0, 0.05) is 23.6 Å². The summed E-state index contributed by atoms with van der Waals surface area (Å²) in [6.07, 6.45) is 2.06. The van der Waals surface area contributed by atoms with Crippen LogP contribution in [0.4, 0.5) is 0 Å². The molecule has 1 aromatic heterocycles. The fourth-order valence-electron chi connectivity index (χ4n) is 3.17. The van der Waals surface area contributed by atoms with Crippen molar-refractivity contribution in [3.63, 3.8) is 0 Å². The summed E-state index contributed by atoms with van der Waals surface area (Å²) >= 11 is 1.67. The van der Waals surface area contributed by atoms with E-state index in [9.17, 15) is 4.79 Å². The second kappa shape index (κ2) is 6.47. The Morgan fingerprint density at radius 2 is 2.29 bits per heavy atom. The summed E-state index contributed by atoms with van der Waals surface area (Å²) in [5, 5.41) is 4.06. The Balaban J connectivity index is 1.51. The molecule has 3 heterocycles. The minimum absolute atomic E-state index is 0.0161. The monoisotopic (exact) mass is 345 g/mol. The Morgan fingerprint density at radius 3 is 3.12 bits per heavy atom. The molecule has 1 fully saturated rings. The predicted molar refractivity (Wildman–Crippen MR) is 88.9 cm³/mol. The minimum Gasteiger partial charge on any atom is -0.479 e. The number of aromatic nitrogens is 2. The van der Waals surface area contributed by atoms with E-state index in [1.807, 2.05) is 36.1 Å². The van der Waals surface area contributed by atoms with Gasteiger partial charge in [0.15, 0.2) is 11.9 Å². The van der Waals surface area contributed by atoms with E-state index < -0.39 is 6.10 Å². The first kappa shape index (κ1) is 15.5. The third kappa shape index (κ3) is 2.77. The molecule has 1 saturated heterocycles. The van der Waals surface area contributed by atoms with Crippen molar-refractivity contribution in [1.29, 1.82) is 0 Å². The van der Waals surface area contributed by atoms with E-state index in [0.717, 1.165) is 23.5 Å². The SMILES string of the molecule is CCc1nc([C@H]2CCCN2C(=O)[C@H]2CSc3ccccc3O2)no1. The summed E-state index contributed by atoms with van der Waals surface area (Å²) in [5.74, 6) is 2.66. The molecule has 4 rings (SSSR count). The van der Waals surface area contributed by atoms with Crippen LogP contribution in [-0.2, 0) is 11.2 Å². The molecule has 7 heteroatoms. The molecule has 24 heavy (non-hydrogen) atoms. The molecule has 2 aliphatic heterocycles. The third-order valence-electron chi connectivity index (χ3n) is 4.40. The van der Waals surface area contributed by atoms with Crippen molar-refractivity contribution in [2.75, 3.05) is 12.3 Å². The van der Waals surface area contributed by atoms with Crippen molar-refractivity contribution < 1.29 is 14.1 Å². The zero-order chi connectivity index (χ0) is 16.5. The van der Waals surface area contributed by atoms with E-state index >= 15 is 0 Å². The van der Waals surface area contributed by atoms with Gasteiger partial charge in [0.1, 0.15) is 5.75 Å². The Bertz CT molecular complexity index is 748. The molecule has 0 saturated carbocycles. The summed E-state index contributed by atoms with van der Waals surface area (Å²) < 4.78 is 11.2. The number of rotatable bonds is 3. The highest BCUT2D eigenvalue weighted by Gasteiger charge is 2.38. The summed E-state index contributed by atoms with van der Waals surface area (Å²) in [7, 11) is 0. The van der Waals surface area contributed by atoms with Crippen molar-refractivity contribution in [2.45, 2.75) is 43.2 Å². The van der Waals surface area contributed by atoms with Crippen molar-refractivity contribution in [3.05, 3.63) is 36.0 Å². The van der Waals surface area contributed by atoms with Gasteiger partial charge in [-0.25, -0.2) is 0 Å². The second-order valence-electron chi connectivity index (χ2n) is 5.95. The fourth-order valence-corrected chi connectivity index (χ4v) is 4.15. The average Bonchev–Trinajstić information content (AvgIpc) is 3.29. The molecular weight excluding hydrogens is 326 g/mol. The van der Waals surface area contributed by atoms with Crippen molar-refractivity contribution in [3.8, 4) is 5.75 Å². The summed E-state index contributed by atoms with van der Waals surface area (Å²) in [4.78, 5) is 20.3. The highest BCUT2D eigenvalue weighted by Crippen LogP contribution is 2.37. The molecule has 2 aromatic rings. The van der Waals surface area contributed by atoms with Gasteiger partial charge in [0.05, 0.1) is 6.04 Å². The lowest BCUT2D eigenvalue weighted by Crippen LogP contribution is -2.44. The largest absolute Gasteiger partial charge is 0.479 e. The first-order valence-electron chi connectivity index (χ1n) is 8.27. The Morgan fingerprint density at radius 1 is 1.42 bits per heavy atom. The van der Waals surface area contributed by atoms with E-state index in [0.29, 0.717) is 30.4 Å². The third-order valence-corrected chi connectivity index (χ3v) is 5.52. The van der Waals surface area contributed by atoms with Gasteiger partial charge in [-0.1, -0.05) is 24.2 Å². The Labute approximate surface area is 144 Å². The molecule has 0 N–H and O–H groups in total. The van der Waals surface area contributed by atoms with Gasteiger partial charge in [-0.3, -0.25) is 4.79 Å². The number of amides is 1. The van der Waals surface area contributed by atoms with E-state index in [1.54, 1.807) is 11.8 Å². The van der Waals surface area contributed by atoms with Crippen LogP contribution in [0, 0.1) is 0 Å². The predicted octanol–water partition coefficient (Wildman–Crippen LogP) is 2.85. The molecule has 0 aliphatic carbocycles. The van der Waals surface area contributed by atoms with Crippen LogP contribution < -0.4 is 4.74 Å². The molecule has 0 bridgehead atoms. The number of carbonyl (C=O) groups is 1. The topological polar surface area (TPSA) is 68.5 Å². The summed E-state index contributed by atoms with van der Waals surface area (Å²) in [6.45, 7) is 2.69. The molecular formula is C17H19N3O3S. The number of fused-ring (bicyclic) bond motifs is 1. The van der Waals surface area contributed by atoms with Crippen LogP contribution in [0.3, 0.4) is 0 Å². The normalized spacial score (nSPS) is 23.0. The lowest BCUT2D eigenvalue weighted by Gasteiger charge is -2.30. The van der Waals surface area contributed by atoms with Gasteiger partial charge in [0.2, 0.25) is 5.89 Å². The van der Waals surface area contributed by atoms with Crippen LogP contribution in [0.2, 0.25) is 0 Å². The molecule has 0 spiro atoms. The molecule has 0 radical (unpaired) electrons. The zero-order valence-electron chi connectivity index (χ0n) is 13.5. The number of likely N-dealkylation sites (tertiary alicyclic amines) is 1. The number of hydrogen-bond acceptors (Lipinski definition) is 6. The lowest BCUT2D eigenvalue weighted by atomic mass is 10.2. The van der Waals surface area contributed by atoms with Crippen LogP contribution in [0.25, 0.3) is 0 Å². The molecule has 6 nitrogen and oxygen atoms in total. The first-order chi connectivity index (χ1) is 11.8. The minimum atomic E-state index is -0.456. The summed E-state index contributed by atoms with van der Waals surface area (Å²) in [5.41, 5.74) is 0. The van der Waals surface area contributed by atoms with Crippen LogP contribution in [0.15, 0.2) is 33.7 Å². The number of hydrogen-bond donors (Lipinski definition) is 0. The van der Waals surface area contributed by atoms with Crippen LogP contribution in [-0.4, -0.2) is 39.3 Å². The van der Waals surface area contributed by atoms with Crippen molar-refractivity contribution in [2.24, 2.45) is 0 Å². The number of carbonyl (C=O) groups excluding carboxylic acids is 1. The van der Waals surface area contributed by atoms with Gasteiger partial charge in [-0.05, 0) is 25.0 Å². The van der Waals surface area contributed by atoms with E-state index in [2.05, 4.69) is 10.1 Å². The van der Waals surface area contributed by atoms with E-state index in [-0.39, 0.29) is 11.9 Å². The smallest absolute Gasteiger partial charge is 0.265 e. The van der Waals surface area contributed by atoms with Gasteiger partial charge >= 0.3 is 0 Å². The van der Waals surface area contributed by atoms with E-state index in [4.69, 9.17) is 9.26 Å². The molecule has 126 valence electrons. The van der Waals surface area contributed by atoms with Gasteiger partial charge in [-0.2, -0.15) is 4.98 Å². The number of aryl methyl sites for hydroxylation is 1. The maximum absolute atomic E-state index is 13.0. The number of para-hydroxylation sites is 1. The quantitative estimate of drug-likeness (QED) is 0.852. The van der Waals surface area contributed by atoms with E-state index in [1.165, 1.54) is 0 Å². The lowest BCUT2D eigenvalue weighted by molar-refractivity contribution is -0.139. The highest BCUT2D eigenvalue weighted by atomic mass is 32.2. The average molecular weight is 345 g/mol. The standard InChI is InChI=1S/C17H19N3O3S/c1-2-15-18-16(19-23-15)11-6-5-9-20(11)17(21)13-10-24-14-8-4-3-7-12(14)22-13/h3-4,7-8,11,13H,2,5-6,9-10H2,1H3/t11-,13-/m1/s1. The zero-order valence-corrected chi connectivity index (χ0v) is 14.3. The number of ether oxygens (including phenoxy) is 1. The van der Waals surface area contributed by atoms with Crippen LogP contribution in [0.5, 0.6) is 5.75 Å².